The lowest BCUT2D eigenvalue weighted by Gasteiger charge is -2.61. The molecule has 1 N–H and O–H groups in total. The van der Waals surface area contributed by atoms with Crippen molar-refractivity contribution in [2.75, 3.05) is 6.61 Å². The lowest BCUT2D eigenvalue weighted by atomic mass is 9.45. The van der Waals surface area contributed by atoms with Gasteiger partial charge in [0.25, 0.3) is 0 Å². The van der Waals surface area contributed by atoms with Crippen LogP contribution in [0.5, 0.6) is 0 Å². The second-order valence-corrected chi connectivity index (χ2v) is 11.5. The van der Waals surface area contributed by atoms with Crippen molar-refractivity contribution in [1.82, 2.24) is 0 Å². The van der Waals surface area contributed by atoms with E-state index >= 15 is 4.39 Å². The van der Waals surface area contributed by atoms with Crippen LogP contribution in [0.25, 0.3) is 0 Å². The number of Topliss-reactive ketones (excluding diaryl/α,β-unsaturated/α-hetero) is 1. The van der Waals surface area contributed by atoms with Crippen molar-refractivity contribution in [2.24, 2.45) is 28.6 Å². The highest BCUT2D eigenvalue weighted by Gasteiger charge is 2.74. The van der Waals surface area contributed by atoms with Crippen molar-refractivity contribution in [2.45, 2.75) is 83.7 Å². The summed E-state index contributed by atoms with van der Waals surface area (Å²) in [5.41, 5.74) is -6.80. The topological polar surface area (TPSA) is 107 Å². The van der Waals surface area contributed by atoms with Gasteiger partial charge in [-0.2, -0.15) is 13.2 Å². The number of aliphatic hydroxyl groups is 1. The minimum atomic E-state index is -5.34. The summed E-state index contributed by atoms with van der Waals surface area (Å²) in [5.74, 6) is -7.16. The number of esters is 2. The first-order valence-electron chi connectivity index (χ1n) is 12.8. The van der Waals surface area contributed by atoms with Gasteiger partial charge in [-0.3, -0.25) is 14.4 Å². The number of halogens is 4. The van der Waals surface area contributed by atoms with Crippen LogP contribution in [0.15, 0.2) is 23.5 Å². The van der Waals surface area contributed by atoms with E-state index in [9.17, 15) is 37.5 Å². The van der Waals surface area contributed by atoms with Gasteiger partial charge < -0.3 is 14.6 Å². The van der Waals surface area contributed by atoms with Gasteiger partial charge in [-0.15, -0.1) is 0 Å². The molecule has 0 unspecified atom stereocenters. The van der Waals surface area contributed by atoms with E-state index in [1.54, 1.807) is 20.8 Å². The molecule has 0 aromatic rings. The number of alkyl halides is 4. The van der Waals surface area contributed by atoms with Crippen molar-refractivity contribution in [3.05, 3.63) is 23.5 Å². The lowest BCUT2D eigenvalue weighted by Crippen LogP contribution is -2.65. The molecule has 4 aliphatic carbocycles. The van der Waals surface area contributed by atoms with Gasteiger partial charge in [0.15, 0.2) is 12.4 Å². The van der Waals surface area contributed by atoms with Crippen molar-refractivity contribution in [1.29, 1.82) is 0 Å². The zero-order chi connectivity index (χ0) is 28.5. The molecule has 0 heterocycles. The summed E-state index contributed by atoms with van der Waals surface area (Å²) in [4.78, 5) is 48.9. The second-order valence-electron chi connectivity index (χ2n) is 11.5. The van der Waals surface area contributed by atoms with Crippen molar-refractivity contribution >= 4 is 23.5 Å². The third kappa shape index (κ3) is 3.78. The average molecular weight is 545 g/mol. The zero-order valence-corrected chi connectivity index (χ0v) is 21.7. The smallest absolute Gasteiger partial charge is 0.458 e. The largest absolute Gasteiger partial charge is 0.491 e. The molecule has 0 aromatic carbocycles. The Labute approximate surface area is 217 Å². The standard InChI is InChI=1S/C27H32F4O7/c1-5-21(34)37-13-19(33)26(36)14(2)10-18-17-7-6-15-11-16(32)12-20(38-22(35)27(29,30)31)24(15,4)25(17,28)9-8-23(18,26)3/h11-12,14,17-18,36H,5-10,13H2,1-4H3/t14-,17-,18-,23-,24+,25+,26-/m0/s1. The maximum absolute atomic E-state index is 17.4. The van der Waals surface area contributed by atoms with Crippen molar-refractivity contribution in [3.8, 4) is 0 Å². The third-order valence-corrected chi connectivity index (χ3v) is 9.88. The molecule has 0 saturated heterocycles. The molecule has 4 rings (SSSR count). The summed E-state index contributed by atoms with van der Waals surface area (Å²) in [7, 11) is 0. The molecule has 4 aliphatic rings. The average Bonchev–Trinajstić information content (AvgIpc) is 3.04. The van der Waals surface area contributed by atoms with Gasteiger partial charge in [-0.25, -0.2) is 9.18 Å². The van der Waals surface area contributed by atoms with E-state index in [2.05, 4.69) is 4.74 Å². The van der Waals surface area contributed by atoms with Gasteiger partial charge in [-0.05, 0) is 68.4 Å². The fourth-order valence-corrected chi connectivity index (χ4v) is 7.77. The number of hydrogen-bond donors (Lipinski definition) is 1. The van der Waals surface area contributed by atoms with Crippen molar-refractivity contribution < 1.29 is 51.3 Å². The number of rotatable bonds is 5. The fourth-order valence-electron chi connectivity index (χ4n) is 7.77. The van der Waals surface area contributed by atoms with E-state index in [1.165, 1.54) is 13.0 Å². The summed E-state index contributed by atoms with van der Waals surface area (Å²) in [6, 6.07) is 0. The van der Waals surface area contributed by atoms with Crippen LogP contribution in [0.4, 0.5) is 17.6 Å². The number of hydrogen-bond acceptors (Lipinski definition) is 7. The number of ether oxygens (including phenoxy) is 2. The van der Waals surface area contributed by atoms with Crippen LogP contribution in [-0.4, -0.2) is 52.7 Å². The first-order chi connectivity index (χ1) is 17.5. The number of fused-ring (bicyclic) bond motifs is 5. The molecular formula is C27H32F4O7. The Morgan fingerprint density at radius 3 is 2.39 bits per heavy atom. The van der Waals surface area contributed by atoms with Crippen LogP contribution in [0.3, 0.4) is 0 Å². The first kappa shape index (κ1) is 28.4. The number of carbonyl (C=O) groups is 4. The number of ketones is 2. The minimum Gasteiger partial charge on any atom is -0.458 e. The van der Waals surface area contributed by atoms with Gasteiger partial charge in [0, 0.05) is 17.9 Å². The fraction of sp³-hybridized carbons (Fsp3) is 0.704. The van der Waals surface area contributed by atoms with E-state index in [1.807, 2.05) is 0 Å². The SMILES string of the molecule is CCC(=O)OCC(=O)[C@@]1(O)[C@@H](C)C[C@H]2[C@@H]3CCC4=CC(=O)C=C(OC(=O)C(F)(F)F)[C@]4(C)[C@@]3(F)CC[C@@]21C. The Balaban J connectivity index is 1.72. The molecule has 38 heavy (non-hydrogen) atoms. The quantitative estimate of drug-likeness (QED) is 0.406. The van der Waals surface area contributed by atoms with E-state index in [0.29, 0.717) is 0 Å². The molecule has 11 heteroatoms. The molecule has 0 radical (unpaired) electrons. The summed E-state index contributed by atoms with van der Waals surface area (Å²) in [6.07, 6.45) is -2.97. The Kier molecular flexibility index (Phi) is 6.73. The molecule has 7 nitrogen and oxygen atoms in total. The van der Waals surface area contributed by atoms with Crippen LogP contribution in [0, 0.1) is 28.6 Å². The van der Waals surface area contributed by atoms with Crippen molar-refractivity contribution in [3.63, 3.8) is 0 Å². The summed E-state index contributed by atoms with van der Waals surface area (Å²) < 4.78 is 66.3. The van der Waals surface area contributed by atoms with E-state index in [-0.39, 0.29) is 44.1 Å². The van der Waals surface area contributed by atoms with E-state index < -0.39 is 81.9 Å². The Hall–Kier alpha value is -2.56. The molecular weight excluding hydrogens is 512 g/mol. The van der Waals surface area contributed by atoms with Crippen LogP contribution in [0.2, 0.25) is 0 Å². The molecule has 7 atom stereocenters. The lowest BCUT2D eigenvalue weighted by molar-refractivity contribution is -0.204. The van der Waals surface area contributed by atoms with Crippen LogP contribution in [0.1, 0.15) is 66.2 Å². The monoisotopic (exact) mass is 544 g/mol. The van der Waals surface area contributed by atoms with E-state index in [0.717, 1.165) is 6.08 Å². The summed E-state index contributed by atoms with van der Waals surface area (Å²) >= 11 is 0. The van der Waals surface area contributed by atoms with Crippen LogP contribution in [-0.2, 0) is 28.7 Å². The maximum Gasteiger partial charge on any atom is 0.491 e. The highest BCUT2D eigenvalue weighted by atomic mass is 19.4. The van der Waals surface area contributed by atoms with Gasteiger partial charge in [0.1, 0.15) is 17.0 Å². The molecule has 0 aromatic heterocycles. The Bertz CT molecular complexity index is 1140. The highest BCUT2D eigenvalue weighted by molar-refractivity contribution is 6.02. The van der Waals surface area contributed by atoms with Crippen LogP contribution >= 0.6 is 0 Å². The van der Waals surface area contributed by atoms with Gasteiger partial charge in [0.05, 0.1) is 5.41 Å². The maximum atomic E-state index is 17.4. The number of carbonyl (C=O) groups excluding carboxylic acids is 4. The van der Waals surface area contributed by atoms with E-state index in [4.69, 9.17) is 4.74 Å². The molecule has 210 valence electrons. The van der Waals surface area contributed by atoms with Gasteiger partial charge >= 0.3 is 18.1 Å². The predicted octanol–water partition coefficient (Wildman–Crippen LogP) is 4.32. The Morgan fingerprint density at radius 1 is 1.13 bits per heavy atom. The van der Waals surface area contributed by atoms with Gasteiger partial charge in [-0.1, -0.05) is 20.8 Å². The molecule has 3 fully saturated rings. The molecule has 3 saturated carbocycles. The Morgan fingerprint density at radius 2 is 1.79 bits per heavy atom. The normalized spacial score (nSPS) is 40.2. The zero-order valence-electron chi connectivity index (χ0n) is 21.7. The second kappa shape index (κ2) is 8.99. The third-order valence-electron chi connectivity index (χ3n) is 9.88. The first-order valence-corrected chi connectivity index (χ1v) is 12.8. The summed E-state index contributed by atoms with van der Waals surface area (Å²) in [6.45, 7) is 5.69. The molecule has 0 aliphatic heterocycles. The highest BCUT2D eigenvalue weighted by Crippen LogP contribution is 2.71. The predicted molar refractivity (Wildman–Crippen MR) is 124 cm³/mol. The minimum absolute atomic E-state index is 0.00369. The molecule has 0 spiro atoms. The number of allylic oxidation sites excluding steroid dienone is 3. The summed E-state index contributed by atoms with van der Waals surface area (Å²) in [5, 5.41) is 11.8. The van der Waals surface area contributed by atoms with Crippen LogP contribution < -0.4 is 0 Å². The molecule has 0 amide bonds. The van der Waals surface area contributed by atoms with Gasteiger partial charge in [0.2, 0.25) is 5.78 Å². The molecule has 0 bridgehead atoms.